The van der Waals surface area contributed by atoms with Crippen molar-refractivity contribution in [2.24, 2.45) is 0 Å². The fraction of sp³-hybridized carbons (Fsp3) is 0.0455. The molecule has 4 aromatic rings. The lowest BCUT2D eigenvalue weighted by molar-refractivity contribution is 0.112. The molecule has 0 saturated heterocycles. The van der Waals surface area contributed by atoms with Gasteiger partial charge in [0.2, 0.25) is 0 Å². The molecule has 0 amide bonds. The zero-order valence-corrected chi connectivity index (χ0v) is 14.9. The third-order valence-corrected chi connectivity index (χ3v) is 4.79. The van der Waals surface area contributed by atoms with Crippen LogP contribution in [0.3, 0.4) is 0 Å². The van der Waals surface area contributed by atoms with Gasteiger partial charge in [0.05, 0.1) is 5.69 Å². The zero-order valence-electron chi connectivity index (χ0n) is 14.1. The molecule has 0 aliphatic heterocycles. The number of carbonyl (C=O) groups is 1. The topological polar surface area (TPSA) is 22.0 Å². The third-order valence-electron chi connectivity index (χ3n) is 4.55. The predicted molar refractivity (Wildman–Crippen MR) is 103 cm³/mol. The molecule has 0 spiro atoms. The standard InChI is InChI=1S/C22H14ClF2NO/c23-16-5-10-21-19(11-16)20(13-27)22(15-3-8-18(25)9-4-15)26(21)12-14-1-6-17(24)7-2-14/h1-11,13H,12H2. The van der Waals surface area contributed by atoms with Crippen LogP contribution in [0.4, 0.5) is 8.78 Å². The van der Waals surface area contributed by atoms with Crippen LogP contribution in [0.15, 0.2) is 66.7 Å². The van der Waals surface area contributed by atoms with E-state index in [4.69, 9.17) is 11.6 Å². The second kappa shape index (κ2) is 6.97. The highest BCUT2D eigenvalue weighted by atomic mass is 35.5. The second-order valence-corrected chi connectivity index (χ2v) is 6.70. The van der Waals surface area contributed by atoms with Gasteiger partial charge in [0.1, 0.15) is 11.6 Å². The average molecular weight is 382 g/mol. The van der Waals surface area contributed by atoms with Crippen molar-refractivity contribution in [1.29, 1.82) is 0 Å². The summed E-state index contributed by atoms with van der Waals surface area (Å²) in [5.41, 5.74) is 3.58. The van der Waals surface area contributed by atoms with E-state index in [0.29, 0.717) is 28.4 Å². The average Bonchev–Trinajstić information content (AvgIpc) is 2.96. The monoisotopic (exact) mass is 381 g/mol. The molecule has 0 atom stereocenters. The first-order valence-electron chi connectivity index (χ1n) is 8.34. The Kier molecular flexibility index (Phi) is 4.50. The van der Waals surface area contributed by atoms with Gasteiger partial charge in [0.25, 0.3) is 0 Å². The van der Waals surface area contributed by atoms with Gasteiger partial charge < -0.3 is 4.57 Å². The first kappa shape index (κ1) is 17.4. The van der Waals surface area contributed by atoms with Gasteiger partial charge in [0.15, 0.2) is 6.29 Å². The number of hydrogen-bond donors (Lipinski definition) is 0. The number of nitrogens with zero attached hydrogens (tertiary/aromatic N) is 1. The number of aldehydes is 1. The maximum Gasteiger partial charge on any atom is 0.152 e. The van der Waals surface area contributed by atoms with Crippen molar-refractivity contribution in [2.75, 3.05) is 0 Å². The number of halogens is 3. The lowest BCUT2D eigenvalue weighted by Gasteiger charge is -2.12. The van der Waals surface area contributed by atoms with Gasteiger partial charge in [-0.15, -0.1) is 0 Å². The Morgan fingerprint density at radius 1 is 0.889 bits per heavy atom. The van der Waals surface area contributed by atoms with Crippen LogP contribution in [-0.4, -0.2) is 10.9 Å². The molecule has 27 heavy (non-hydrogen) atoms. The molecule has 0 aliphatic rings. The molecule has 0 aliphatic carbocycles. The number of rotatable bonds is 4. The van der Waals surface area contributed by atoms with E-state index in [1.165, 1.54) is 24.3 Å². The minimum atomic E-state index is -0.351. The summed E-state index contributed by atoms with van der Waals surface area (Å²) in [6.07, 6.45) is 0.790. The van der Waals surface area contributed by atoms with E-state index in [-0.39, 0.29) is 11.6 Å². The molecule has 4 rings (SSSR count). The van der Waals surface area contributed by atoms with Crippen molar-refractivity contribution in [3.05, 3.63) is 94.5 Å². The minimum Gasteiger partial charge on any atom is -0.335 e. The van der Waals surface area contributed by atoms with E-state index in [0.717, 1.165) is 22.8 Å². The van der Waals surface area contributed by atoms with Crippen LogP contribution >= 0.6 is 11.6 Å². The summed E-state index contributed by atoms with van der Waals surface area (Å²) in [6, 6.07) is 17.5. The molecule has 2 nitrogen and oxygen atoms in total. The fourth-order valence-electron chi connectivity index (χ4n) is 3.33. The molecule has 0 saturated carbocycles. The molecule has 1 heterocycles. The molecular formula is C22H14ClF2NO. The largest absolute Gasteiger partial charge is 0.335 e. The van der Waals surface area contributed by atoms with Crippen molar-refractivity contribution in [3.8, 4) is 11.3 Å². The summed E-state index contributed by atoms with van der Waals surface area (Å²) in [5, 5.41) is 1.24. The minimum absolute atomic E-state index is 0.310. The Bertz CT molecular complexity index is 1130. The summed E-state index contributed by atoms with van der Waals surface area (Å²) in [6.45, 7) is 0.430. The molecule has 0 fully saturated rings. The number of hydrogen-bond acceptors (Lipinski definition) is 1. The van der Waals surface area contributed by atoms with E-state index in [9.17, 15) is 13.6 Å². The van der Waals surface area contributed by atoms with E-state index in [1.54, 1.807) is 36.4 Å². The van der Waals surface area contributed by atoms with Crippen LogP contribution in [0.2, 0.25) is 5.02 Å². The van der Waals surface area contributed by atoms with Crippen LogP contribution in [0.5, 0.6) is 0 Å². The van der Waals surface area contributed by atoms with Gasteiger partial charge in [-0.05, 0) is 65.7 Å². The first-order valence-corrected chi connectivity index (χ1v) is 8.72. The van der Waals surface area contributed by atoms with Gasteiger partial charge >= 0.3 is 0 Å². The molecular weight excluding hydrogens is 368 g/mol. The lowest BCUT2D eigenvalue weighted by Crippen LogP contribution is -2.03. The molecule has 5 heteroatoms. The Morgan fingerprint density at radius 3 is 2.15 bits per heavy atom. The summed E-state index contributed by atoms with van der Waals surface area (Å²) in [4.78, 5) is 11.9. The molecule has 134 valence electrons. The lowest BCUT2D eigenvalue weighted by atomic mass is 10.1. The Balaban J connectivity index is 1.99. The first-order chi connectivity index (χ1) is 13.1. The molecule has 1 aromatic heterocycles. The van der Waals surface area contributed by atoms with Crippen molar-refractivity contribution in [2.45, 2.75) is 6.54 Å². The van der Waals surface area contributed by atoms with E-state index in [1.807, 2.05) is 10.6 Å². The molecule has 0 N–H and O–H groups in total. The Hall–Kier alpha value is -2.98. The summed E-state index contributed by atoms with van der Waals surface area (Å²) < 4.78 is 28.6. The highest BCUT2D eigenvalue weighted by molar-refractivity contribution is 6.31. The third kappa shape index (κ3) is 3.24. The Morgan fingerprint density at radius 2 is 1.52 bits per heavy atom. The summed E-state index contributed by atoms with van der Waals surface area (Å²) in [5.74, 6) is -0.661. The van der Waals surface area contributed by atoms with Crippen LogP contribution < -0.4 is 0 Å². The zero-order chi connectivity index (χ0) is 19.0. The van der Waals surface area contributed by atoms with Crippen molar-refractivity contribution in [1.82, 2.24) is 4.57 Å². The van der Waals surface area contributed by atoms with Gasteiger partial charge in [-0.25, -0.2) is 8.78 Å². The number of carbonyl (C=O) groups excluding carboxylic acids is 1. The molecule has 3 aromatic carbocycles. The van der Waals surface area contributed by atoms with Crippen molar-refractivity contribution in [3.63, 3.8) is 0 Å². The van der Waals surface area contributed by atoms with Crippen molar-refractivity contribution >= 4 is 28.8 Å². The highest BCUT2D eigenvalue weighted by Gasteiger charge is 2.19. The quantitative estimate of drug-likeness (QED) is 0.391. The van der Waals surface area contributed by atoms with Gasteiger partial charge in [-0.3, -0.25) is 4.79 Å². The number of fused-ring (bicyclic) bond motifs is 1. The number of benzene rings is 3. The van der Waals surface area contributed by atoms with Gasteiger partial charge in [0, 0.05) is 28.0 Å². The molecule has 0 bridgehead atoms. The normalized spacial score (nSPS) is 11.1. The van der Waals surface area contributed by atoms with E-state index >= 15 is 0 Å². The number of aromatic nitrogens is 1. The molecule has 0 radical (unpaired) electrons. The summed E-state index contributed by atoms with van der Waals surface area (Å²) in [7, 11) is 0. The second-order valence-electron chi connectivity index (χ2n) is 6.26. The maximum atomic E-state index is 13.4. The SMILES string of the molecule is O=Cc1c(-c2ccc(F)cc2)n(Cc2ccc(F)cc2)c2ccc(Cl)cc12. The smallest absolute Gasteiger partial charge is 0.152 e. The van der Waals surface area contributed by atoms with Crippen LogP contribution in [0, 0.1) is 11.6 Å². The maximum absolute atomic E-state index is 13.4. The fourth-order valence-corrected chi connectivity index (χ4v) is 3.50. The van der Waals surface area contributed by atoms with Gasteiger partial charge in [-0.2, -0.15) is 0 Å². The van der Waals surface area contributed by atoms with E-state index < -0.39 is 0 Å². The van der Waals surface area contributed by atoms with Crippen molar-refractivity contribution < 1.29 is 13.6 Å². The van der Waals surface area contributed by atoms with Crippen LogP contribution in [0.1, 0.15) is 15.9 Å². The highest BCUT2D eigenvalue weighted by Crippen LogP contribution is 2.35. The molecule has 0 unspecified atom stereocenters. The summed E-state index contributed by atoms with van der Waals surface area (Å²) >= 11 is 6.14. The van der Waals surface area contributed by atoms with E-state index in [2.05, 4.69) is 0 Å². The Labute approximate surface area is 159 Å². The van der Waals surface area contributed by atoms with Crippen LogP contribution in [-0.2, 0) is 6.54 Å². The van der Waals surface area contributed by atoms with Crippen LogP contribution in [0.25, 0.3) is 22.2 Å². The van der Waals surface area contributed by atoms with Gasteiger partial charge in [-0.1, -0.05) is 23.7 Å². The predicted octanol–water partition coefficient (Wildman–Crippen LogP) is 6.10.